The summed E-state index contributed by atoms with van der Waals surface area (Å²) in [4.78, 5) is 6.44. The molecule has 0 saturated heterocycles. The molecule has 0 unspecified atom stereocenters. The minimum atomic E-state index is 0.853. The van der Waals surface area contributed by atoms with Crippen molar-refractivity contribution in [2.75, 3.05) is 19.4 Å². The van der Waals surface area contributed by atoms with E-state index in [9.17, 15) is 0 Å². The zero-order valence-electron chi connectivity index (χ0n) is 14.4. The molecule has 1 heterocycles. The van der Waals surface area contributed by atoms with Gasteiger partial charge >= 0.3 is 0 Å². The molecule has 0 radical (unpaired) electrons. The van der Waals surface area contributed by atoms with Crippen LogP contribution in [-0.2, 0) is 0 Å². The highest BCUT2D eigenvalue weighted by atomic mass is 15.1. The second kappa shape index (κ2) is 8.88. The van der Waals surface area contributed by atoms with Crippen LogP contribution in [0.25, 0.3) is 12.2 Å². The average Bonchev–Trinajstić information content (AvgIpc) is 2.53. The zero-order valence-corrected chi connectivity index (χ0v) is 14.4. The maximum atomic E-state index is 4.35. The number of aromatic nitrogens is 1. The number of hydrogen-bond acceptors (Lipinski definition) is 3. The lowest BCUT2D eigenvalue weighted by Crippen LogP contribution is -2.26. The molecular formula is C19H27N3. The molecule has 1 aromatic rings. The van der Waals surface area contributed by atoms with Gasteiger partial charge in [0.15, 0.2) is 0 Å². The van der Waals surface area contributed by atoms with E-state index in [2.05, 4.69) is 59.2 Å². The Bertz CT molecular complexity index is 681. The van der Waals surface area contributed by atoms with E-state index in [0.29, 0.717) is 0 Å². The number of hydrogen-bond donors (Lipinski definition) is 1. The molecule has 3 nitrogen and oxygen atoms in total. The van der Waals surface area contributed by atoms with E-state index in [1.54, 1.807) is 0 Å². The summed E-state index contributed by atoms with van der Waals surface area (Å²) in [6, 6.07) is 2.04. The predicted molar refractivity (Wildman–Crippen MR) is 97.7 cm³/mol. The lowest BCUT2D eigenvalue weighted by molar-refractivity contribution is 0.580. The molecule has 22 heavy (non-hydrogen) atoms. The van der Waals surface area contributed by atoms with Crippen molar-refractivity contribution >= 4 is 18.0 Å². The molecule has 1 rings (SSSR count). The first-order valence-electron chi connectivity index (χ1n) is 7.64. The van der Waals surface area contributed by atoms with Crippen molar-refractivity contribution in [3.8, 4) is 0 Å². The third-order valence-electron chi connectivity index (χ3n) is 3.41. The first-order valence-corrected chi connectivity index (χ1v) is 7.64. The van der Waals surface area contributed by atoms with Gasteiger partial charge in [0.25, 0.3) is 0 Å². The van der Waals surface area contributed by atoms with E-state index >= 15 is 0 Å². The van der Waals surface area contributed by atoms with Gasteiger partial charge in [0, 0.05) is 26.0 Å². The lowest BCUT2D eigenvalue weighted by atomic mass is 10.1. The summed E-state index contributed by atoms with van der Waals surface area (Å²) in [5.41, 5.74) is 2.07. The molecule has 0 amide bonds. The molecule has 1 aromatic heterocycles. The van der Waals surface area contributed by atoms with Gasteiger partial charge in [-0.05, 0) is 54.6 Å². The minimum Gasteiger partial charge on any atom is -0.373 e. The van der Waals surface area contributed by atoms with Crippen molar-refractivity contribution in [2.24, 2.45) is 0 Å². The van der Waals surface area contributed by atoms with E-state index in [4.69, 9.17) is 0 Å². The van der Waals surface area contributed by atoms with E-state index in [0.717, 1.165) is 33.9 Å². The fourth-order valence-electron chi connectivity index (χ4n) is 2.21. The van der Waals surface area contributed by atoms with Crippen molar-refractivity contribution < 1.29 is 0 Å². The largest absolute Gasteiger partial charge is 0.373 e. The summed E-state index contributed by atoms with van der Waals surface area (Å²) in [5, 5.41) is 5.28. The summed E-state index contributed by atoms with van der Waals surface area (Å²) in [5.74, 6) is 0.853. The van der Waals surface area contributed by atoms with Crippen LogP contribution in [0.2, 0.25) is 0 Å². The van der Waals surface area contributed by atoms with Gasteiger partial charge in [-0.25, -0.2) is 4.98 Å². The van der Waals surface area contributed by atoms with E-state index < -0.39 is 0 Å². The highest BCUT2D eigenvalue weighted by molar-refractivity contribution is 5.57. The highest BCUT2D eigenvalue weighted by Gasteiger charge is 2.03. The Morgan fingerprint density at radius 2 is 2.09 bits per heavy atom. The number of pyridine rings is 1. The summed E-state index contributed by atoms with van der Waals surface area (Å²) >= 11 is 0. The number of nitrogens with zero attached hydrogens (tertiary/aromatic N) is 2. The number of anilines is 1. The molecule has 0 bridgehead atoms. The van der Waals surface area contributed by atoms with Crippen LogP contribution in [0.1, 0.15) is 27.2 Å². The molecule has 0 aliphatic rings. The van der Waals surface area contributed by atoms with Crippen LogP contribution in [0, 0.1) is 0 Å². The monoisotopic (exact) mass is 297 g/mol. The molecule has 118 valence electrons. The molecule has 0 aliphatic carbocycles. The van der Waals surface area contributed by atoms with E-state index in [-0.39, 0.29) is 0 Å². The fraction of sp³-hybridized carbons (Fsp3) is 0.316. The van der Waals surface area contributed by atoms with Crippen molar-refractivity contribution in [3.63, 3.8) is 0 Å². The van der Waals surface area contributed by atoms with E-state index in [1.165, 1.54) is 0 Å². The van der Waals surface area contributed by atoms with Gasteiger partial charge in [0.1, 0.15) is 5.82 Å². The number of rotatable bonds is 6. The molecular weight excluding hydrogens is 270 g/mol. The fourth-order valence-corrected chi connectivity index (χ4v) is 2.21. The predicted octanol–water partition coefficient (Wildman–Crippen LogP) is 3.02. The zero-order chi connectivity index (χ0) is 16.5. The minimum absolute atomic E-state index is 0.853. The van der Waals surface area contributed by atoms with E-state index in [1.807, 2.05) is 40.2 Å². The van der Waals surface area contributed by atoms with Crippen LogP contribution < -0.4 is 15.8 Å². The lowest BCUT2D eigenvalue weighted by Gasteiger charge is -2.18. The molecule has 0 aliphatic heterocycles. The van der Waals surface area contributed by atoms with Gasteiger partial charge in [0.2, 0.25) is 0 Å². The van der Waals surface area contributed by atoms with Crippen LogP contribution in [-0.4, -0.2) is 24.0 Å². The number of allylic oxidation sites excluding steroid dienone is 3. The van der Waals surface area contributed by atoms with Crippen LogP contribution >= 0.6 is 0 Å². The first-order chi connectivity index (χ1) is 10.6. The Hall–Kier alpha value is -2.29. The topological polar surface area (TPSA) is 28.2 Å². The average molecular weight is 297 g/mol. The summed E-state index contributed by atoms with van der Waals surface area (Å²) in [6.07, 6.45) is 13.3. The standard InChI is InChI=1S/C19H27N3/c1-7-10-11-22(6)18(9-3)15(4)12-17-13-19(20-5)21-14-16(17)8-2/h8-14,20H,4,7H2,1-3,5-6H3/b11-10+,16-8-,17-12-,18-9-. The second-order valence-corrected chi connectivity index (χ2v) is 4.98. The van der Waals surface area contributed by atoms with Gasteiger partial charge in [-0.2, -0.15) is 0 Å². The van der Waals surface area contributed by atoms with Gasteiger partial charge in [-0.15, -0.1) is 0 Å². The third-order valence-corrected chi connectivity index (χ3v) is 3.41. The Morgan fingerprint density at radius 3 is 2.64 bits per heavy atom. The van der Waals surface area contributed by atoms with Crippen LogP contribution in [0.5, 0.6) is 0 Å². The summed E-state index contributed by atoms with van der Waals surface area (Å²) < 4.78 is 0. The van der Waals surface area contributed by atoms with Gasteiger partial charge in [-0.3, -0.25) is 0 Å². The quantitative estimate of drug-likeness (QED) is 0.818. The van der Waals surface area contributed by atoms with Crippen molar-refractivity contribution in [1.82, 2.24) is 9.88 Å². The third kappa shape index (κ3) is 4.62. The molecule has 0 aromatic carbocycles. The van der Waals surface area contributed by atoms with Gasteiger partial charge in [0.05, 0.1) is 0 Å². The maximum Gasteiger partial charge on any atom is 0.126 e. The summed E-state index contributed by atoms with van der Waals surface area (Å²) in [7, 11) is 3.91. The van der Waals surface area contributed by atoms with Crippen LogP contribution in [0.3, 0.4) is 0 Å². The maximum absolute atomic E-state index is 4.35. The molecule has 0 atom stereocenters. The highest BCUT2D eigenvalue weighted by Crippen LogP contribution is 2.14. The second-order valence-electron chi connectivity index (χ2n) is 4.98. The van der Waals surface area contributed by atoms with Gasteiger partial charge < -0.3 is 10.2 Å². The number of nitrogens with one attached hydrogen (secondary N) is 1. The van der Waals surface area contributed by atoms with Gasteiger partial charge in [-0.1, -0.05) is 31.7 Å². The SMILES string of the molecule is C=C(/C=c1/cc(NC)nc/c1=C/C)/C(=C/C)N(C)/C=C/CC. The Balaban J connectivity index is 3.26. The molecule has 0 saturated carbocycles. The Labute approximate surface area is 134 Å². The molecule has 0 fully saturated rings. The Kier molecular flexibility index (Phi) is 7.17. The normalized spacial score (nSPS) is 13.8. The van der Waals surface area contributed by atoms with Crippen LogP contribution in [0.4, 0.5) is 5.82 Å². The van der Waals surface area contributed by atoms with Crippen molar-refractivity contribution in [1.29, 1.82) is 0 Å². The molecule has 1 N–H and O–H groups in total. The first kappa shape index (κ1) is 17.8. The molecule has 0 spiro atoms. The molecule has 3 heteroatoms. The summed E-state index contributed by atoms with van der Waals surface area (Å²) in [6.45, 7) is 10.4. The van der Waals surface area contributed by atoms with Crippen molar-refractivity contribution in [2.45, 2.75) is 27.2 Å². The van der Waals surface area contributed by atoms with Crippen molar-refractivity contribution in [3.05, 3.63) is 58.9 Å². The smallest absolute Gasteiger partial charge is 0.126 e. The van der Waals surface area contributed by atoms with Crippen LogP contribution in [0.15, 0.2) is 48.5 Å². The number of likely N-dealkylation sites (N-methyl/N-ethyl adjacent to an activating group) is 1. The Morgan fingerprint density at radius 1 is 1.36 bits per heavy atom.